The molecule has 0 radical (unpaired) electrons. The largest absolute Gasteiger partial charge is 0.394 e. The number of guanidine groups is 2. The van der Waals surface area contributed by atoms with Crippen LogP contribution in [0.2, 0.25) is 0 Å². The first-order valence-electron chi connectivity index (χ1n) is 5.16. The Labute approximate surface area is 114 Å². The molecule has 0 saturated carbocycles. The number of nitrogens with zero attached hydrogens (tertiary/aromatic N) is 2. The van der Waals surface area contributed by atoms with Crippen LogP contribution in [0.25, 0.3) is 0 Å². The molecule has 0 heterocycles. The minimum absolute atomic E-state index is 0.127. The van der Waals surface area contributed by atoms with Gasteiger partial charge >= 0.3 is 10.4 Å². The molecule has 0 fully saturated rings. The van der Waals surface area contributed by atoms with Gasteiger partial charge in [0.25, 0.3) is 0 Å². The quantitative estimate of drug-likeness (QED) is 0.213. The molecule has 11 heteroatoms. The van der Waals surface area contributed by atoms with Gasteiger partial charge in [-0.3, -0.25) is 19.9 Å². The van der Waals surface area contributed by atoms with E-state index >= 15 is 0 Å². The third-order valence-corrected chi connectivity index (χ3v) is 1.77. The van der Waals surface area contributed by atoms with Crippen LogP contribution < -0.4 is 11.5 Å². The second kappa shape index (κ2) is 11.5. The molecule has 0 atom stereocenters. The summed E-state index contributed by atoms with van der Waals surface area (Å²) in [5.41, 5.74) is 10.1. The Kier molecular flexibility index (Phi) is 13.7. The standard InChI is InChI=1S/2C4H11N3.H2O4S/c2*1-3-7(2)4(5)6;1-5(2,3)4/h2*3H2,1-2H3,(H3,5,6);(H2,1,2,3,4). The van der Waals surface area contributed by atoms with Gasteiger partial charge in [-0.2, -0.15) is 8.42 Å². The predicted molar refractivity (Wildman–Crippen MR) is 74.6 cm³/mol. The zero-order valence-electron chi connectivity index (χ0n) is 11.6. The molecule has 0 aromatic rings. The molecule has 0 aromatic heterocycles. The number of nitrogens with one attached hydrogen (secondary N) is 2. The van der Waals surface area contributed by atoms with E-state index in [0.29, 0.717) is 0 Å². The lowest BCUT2D eigenvalue weighted by Crippen LogP contribution is -2.32. The summed E-state index contributed by atoms with van der Waals surface area (Å²) < 4.78 is 31.6. The van der Waals surface area contributed by atoms with Gasteiger partial charge in [-0.1, -0.05) is 0 Å². The normalized spacial score (nSPS) is 9.16. The molecule has 19 heavy (non-hydrogen) atoms. The lowest BCUT2D eigenvalue weighted by molar-refractivity contribution is 0.381. The Morgan fingerprint density at radius 1 is 1.00 bits per heavy atom. The molecule has 116 valence electrons. The van der Waals surface area contributed by atoms with E-state index in [4.69, 9.17) is 39.8 Å². The highest BCUT2D eigenvalue weighted by Crippen LogP contribution is 1.73. The van der Waals surface area contributed by atoms with E-state index in [2.05, 4.69) is 0 Å². The van der Waals surface area contributed by atoms with Crippen molar-refractivity contribution in [1.29, 1.82) is 10.8 Å². The van der Waals surface area contributed by atoms with Crippen molar-refractivity contribution in [2.24, 2.45) is 11.5 Å². The van der Waals surface area contributed by atoms with Gasteiger partial charge in [0.05, 0.1) is 0 Å². The van der Waals surface area contributed by atoms with Crippen molar-refractivity contribution in [1.82, 2.24) is 9.80 Å². The van der Waals surface area contributed by atoms with E-state index in [9.17, 15) is 0 Å². The molecule has 8 N–H and O–H groups in total. The van der Waals surface area contributed by atoms with Gasteiger partial charge in [0.2, 0.25) is 0 Å². The van der Waals surface area contributed by atoms with Crippen LogP contribution in [0, 0.1) is 10.8 Å². The molecular weight excluding hydrogens is 276 g/mol. The van der Waals surface area contributed by atoms with E-state index < -0.39 is 10.4 Å². The monoisotopic (exact) mass is 300 g/mol. The molecular formula is C8H24N6O4S. The van der Waals surface area contributed by atoms with Crippen molar-refractivity contribution < 1.29 is 17.5 Å². The lowest BCUT2D eigenvalue weighted by Gasteiger charge is -2.11. The average Bonchev–Trinajstić information content (AvgIpc) is 2.25. The predicted octanol–water partition coefficient (Wildman–Crippen LogP) is -0.990. The molecule has 0 saturated heterocycles. The highest BCUT2D eigenvalue weighted by Gasteiger charge is 1.90. The Morgan fingerprint density at radius 2 is 1.16 bits per heavy atom. The van der Waals surface area contributed by atoms with Gasteiger partial charge in [-0.05, 0) is 13.8 Å². The van der Waals surface area contributed by atoms with Crippen molar-refractivity contribution in [3.8, 4) is 0 Å². The van der Waals surface area contributed by atoms with Crippen molar-refractivity contribution >= 4 is 22.3 Å². The van der Waals surface area contributed by atoms with E-state index in [-0.39, 0.29) is 11.9 Å². The van der Waals surface area contributed by atoms with Gasteiger partial charge in [-0.15, -0.1) is 0 Å². The van der Waals surface area contributed by atoms with Crippen LogP contribution in [0.3, 0.4) is 0 Å². The van der Waals surface area contributed by atoms with Crippen LogP contribution in [0.4, 0.5) is 0 Å². The molecule has 10 nitrogen and oxygen atoms in total. The molecule has 0 rings (SSSR count). The van der Waals surface area contributed by atoms with Gasteiger partial charge in [0.15, 0.2) is 11.9 Å². The fourth-order valence-electron chi connectivity index (χ4n) is 0.341. The van der Waals surface area contributed by atoms with Crippen molar-refractivity contribution in [3.05, 3.63) is 0 Å². The highest BCUT2D eigenvalue weighted by molar-refractivity contribution is 7.79. The number of hydrogen-bond acceptors (Lipinski definition) is 4. The smallest absolute Gasteiger partial charge is 0.370 e. The third-order valence-electron chi connectivity index (χ3n) is 1.77. The maximum atomic E-state index is 8.74. The van der Waals surface area contributed by atoms with Gasteiger partial charge in [-0.25, -0.2) is 0 Å². The van der Waals surface area contributed by atoms with Gasteiger partial charge in [0.1, 0.15) is 0 Å². The van der Waals surface area contributed by atoms with E-state index in [1.54, 1.807) is 23.9 Å². The average molecular weight is 300 g/mol. The van der Waals surface area contributed by atoms with Crippen LogP contribution in [0.1, 0.15) is 13.8 Å². The molecule has 0 aliphatic rings. The van der Waals surface area contributed by atoms with Crippen LogP contribution in [0.5, 0.6) is 0 Å². The maximum Gasteiger partial charge on any atom is 0.394 e. The second-order valence-corrected chi connectivity index (χ2v) is 4.14. The summed E-state index contributed by atoms with van der Waals surface area (Å²) in [6, 6.07) is 0. The molecule has 0 aromatic carbocycles. The molecule has 0 bridgehead atoms. The van der Waals surface area contributed by atoms with E-state index in [1.165, 1.54) is 0 Å². The Hall–Kier alpha value is -1.59. The lowest BCUT2D eigenvalue weighted by atomic mass is 10.6. The topological polar surface area (TPSA) is 181 Å². The van der Waals surface area contributed by atoms with Gasteiger partial charge < -0.3 is 21.3 Å². The summed E-state index contributed by atoms with van der Waals surface area (Å²) in [5.74, 6) is 0.255. The van der Waals surface area contributed by atoms with Crippen molar-refractivity contribution in [2.45, 2.75) is 13.8 Å². The summed E-state index contributed by atoms with van der Waals surface area (Å²) in [6.07, 6.45) is 0. The van der Waals surface area contributed by atoms with E-state index in [1.807, 2.05) is 13.8 Å². The Morgan fingerprint density at radius 3 is 1.16 bits per heavy atom. The summed E-state index contributed by atoms with van der Waals surface area (Å²) >= 11 is 0. The van der Waals surface area contributed by atoms with Crippen LogP contribution in [0.15, 0.2) is 0 Å². The SMILES string of the molecule is CCN(C)C(=N)N.CCN(C)C(=N)N.O=S(=O)(O)O. The van der Waals surface area contributed by atoms with Crippen molar-refractivity contribution in [2.75, 3.05) is 27.2 Å². The van der Waals surface area contributed by atoms with Crippen LogP contribution in [-0.4, -0.2) is 66.4 Å². The fraction of sp³-hybridized carbons (Fsp3) is 0.750. The summed E-state index contributed by atoms with van der Waals surface area (Å²) in [5, 5.41) is 13.6. The zero-order chi connectivity index (χ0) is 16.2. The number of hydrogen-bond donors (Lipinski definition) is 6. The molecule has 0 aliphatic carbocycles. The van der Waals surface area contributed by atoms with Crippen LogP contribution in [-0.2, 0) is 10.4 Å². The first-order valence-corrected chi connectivity index (χ1v) is 6.56. The number of rotatable bonds is 2. The fourth-order valence-corrected chi connectivity index (χ4v) is 0.341. The van der Waals surface area contributed by atoms with E-state index in [0.717, 1.165) is 13.1 Å². The summed E-state index contributed by atoms with van der Waals surface area (Å²) in [4.78, 5) is 3.31. The first-order chi connectivity index (χ1) is 8.36. The van der Waals surface area contributed by atoms with Crippen molar-refractivity contribution in [3.63, 3.8) is 0 Å². The molecule has 0 unspecified atom stereocenters. The zero-order valence-corrected chi connectivity index (χ0v) is 12.4. The number of nitrogens with two attached hydrogens (primary N) is 2. The minimum atomic E-state index is -4.67. The maximum absolute atomic E-state index is 8.74. The molecule has 0 amide bonds. The Balaban J connectivity index is -0.000000206. The van der Waals surface area contributed by atoms with Crippen LogP contribution >= 0.6 is 0 Å². The minimum Gasteiger partial charge on any atom is -0.370 e. The Bertz CT molecular complexity index is 330. The molecule has 0 spiro atoms. The highest BCUT2D eigenvalue weighted by atomic mass is 32.3. The van der Waals surface area contributed by atoms with Gasteiger partial charge in [0, 0.05) is 27.2 Å². The summed E-state index contributed by atoms with van der Waals surface area (Å²) in [6.45, 7) is 5.49. The first kappa shape index (κ1) is 22.6. The molecule has 0 aliphatic heterocycles. The third kappa shape index (κ3) is 31.4. The summed E-state index contributed by atoms with van der Waals surface area (Å²) in [7, 11) is -1.11. The second-order valence-electron chi connectivity index (χ2n) is 3.25.